The highest BCUT2D eigenvalue weighted by molar-refractivity contribution is 7.13. The number of rotatable bonds is 2. The number of fused-ring (bicyclic) bond motifs is 1. The fourth-order valence-corrected chi connectivity index (χ4v) is 2.95. The molecule has 0 fully saturated rings. The first-order valence-electron chi connectivity index (χ1n) is 6.32. The van der Waals surface area contributed by atoms with E-state index in [0.29, 0.717) is 5.13 Å². The molecule has 2 N–H and O–H groups in total. The Labute approximate surface area is 111 Å². The van der Waals surface area contributed by atoms with Crippen LogP contribution in [0.2, 0.25) is 0 Å². The highest BCUT2D eigenvalue weighted by atomic mass is 32.1. The molecule has 2 aromatic rings. The number of benzene rings is 1. The Morgan fingerprint density at radius 2 is 1.94 bits per heavy atom. The van der Waals surface area contributed by atoms with Gasteiger partial charge in [0.05, 0.1) is 5.69 Å². The van der Waals surface area contributed by atoms with Crippen LogP contribution < -0.4 is 5.73 Å². The van der Waals surface area contributed by atoms with E-state index in [4.69, 9.17) is 5.73 Å². The second kappa shape index (κ2) is 4.94. The third-order valence-corrected chi connectivity index (χ3v) is 4.05. The summed E-state index contributed by atoms with van der Waals surface area (Å²) < 4.78 is 0. The number of thiazole rings is 1. The van der Waals surface area contributed by atoms with Gasteiger partial charge in [0.15, 0.2) is 5.13 Å². The highest BCUT2D eigenvalue weighted by Crippen LogP contribution is 2.23. The monoisotopic (exact) mass is 256 g/mol. The van der Waals surface area contributed by atoms with Crippen molar-refractivity contribution in [3.8, 4) is 0 Å². The summed E-state index contributed by atoms with van der Waals surface area (Å²) in [5, 5.41) is 2.60. The lowest BCUT2D eigenvalue weighted by Gasteiger charge is -2.15. The molecule has 0 amide bonds. The van der Waals surface area contributed by atoms with E-state index in [-0.39, 0.29) is 0 Å². The summed E-state index contributed by atoms with van der Waals surface area (Å²) in [6.45, 7) is 0. The van der Waals surface area contributed by atoms with Gasteiger partial charge in [-0.05, 0) is 48.4 Å². The number of nitrogens with zero attached hydrogens (tertiary/aromatic N) is 1. The van der Waals surface area contributed by atoms with Crippen LogP contribution in [0.4, 0.5) is 5.13 Å². The molecule has 0 bridgehead atoms. The Balaban J connectivity index is 1.82. The van der Waals surface area contributed by atoms with E-state index >= 15 is 0 Å². The van der Waals surface area contributed by atoms with E-state index < -0.39 is 0 Å². The summed E-state index contributed by atoms with van der Waals surface area (Å²) in [4.78, 5) is 4.22. The van der Waals surface area contributed by atoms with Crippen LogP contribution in [0.15, 0.2) is 23.6 Å². The molecule has 92 valence electrons. The van der Waals surface area contributed by atoms with Gasteiger partial charge in [-0.15, -0.1) is 11.3 Å². The minimum absolute atomic E-state index is 0.625. The van der Waals surface area contributed by atoms with Crippen molar-refractivity contribution in [3.05, 3.63) is 46.0 Å². The van der Waals surface area contributed by atoms with Gasteiger partial charge in [0.2, 0.25) is 0 Å². The predicted octanol–water partition coefficient (Wildman–Crippen LogP) is 3.77. The van der Waals surface area contributed by atoms with Crippen LogP contribution in [0.25, 0.3) is 12.2 Å². The second-order valence-corrected chi connectivity index (χ2v) is 5.57. The third-order valence-electron chi connectivity index (χ3n) is 3.36. The smallest absolute Gasteiger partial charge is 0.180 e. The number of hydrogen-bond donors (Lipinski definition) is 1. The quantitative estimate of drug-likeness (QED) is 0.888. The predicted molar refractivity (Wildman–Crippen MR) is 78.5 cm³/mol. The molecule has 0 saturated heterocycles. The molecule has 0 atom stereocenters. The number of nitrogens with two attached hydrogens (primary N) is 1. The second-order valence-electron chi connectivity index (χ2n) is 4.68. The van der Waals surface area contributed by atoms with Gasteiger partial charge in [-0.3, -0.25) is 0 Å². The first kappa shape index (κ1) is 11.5. The Morgan fingerprint density at radius 3 is 2.72 bits per heavy atom. The van der Waals surface area contributed by atoms with Crippen molar-refractivity contribution in [1.82, 2.24) is 4.98 Å². The zero-order chi connectivity index (χ0) is 12.4. The van der Waals surface area contributed by atoms with Crippen LogP contribution >= 0.6 is 11.3 Å². The normalized spacial score (nSPS) is 14.9. The number of anilines is 1. The van der Waals surface area contributed by atoms with Crippen molar-refractivity contribution >= 4 is 28.6 Å². The summed E-state index contributed by atoms with van der Waals surface area (Å²) >= 11 is 1.48. The van der Waals surface area contributed by atoms with Gasteiger partial charge in [-0.2, -0.15) is 0 Å². The Morgan fingerprint density at radius 1 is 1.11 bits per heavy atom. The first-order valence-corrected chi connectivity index (χ1v) is 7.20. The van der Waals surface area contributed by atoms with Crippen LogP contribution in [-0.2, 0) is 12.8 Å². The van der Waals surface area contributed by atoms with Crippen LogP contribution in [-0.4, -0.2) is 4.98 Å². The van der Waals surface area contributed by atoms with Gasteiger partial charge < -0.3 is 5.73 Å². The fourth-order valence-electron chi connectivity index (χ4n) is 2.42. The summed E-state index contributed by atoms with van der Waals surface area (Å²) in [5.74, 6) is 0. The maximum absolute atomic E-state index is 5.61. The number of hydrogen-bond acceptors (Lipinski definition) is 3. The van der Waals surface area contributed by atoms with Crippen molar-refractivity contribution in [3.63, 3.8) is 0 Å². The van der Waals surface area contributed by atoms with Crippen molar-refractivity contribution in [2.75, 3.05) is 5.73 Å². The van der Waals surface area contributed by atoms with Gasteiger partial charge in [0, 0.05) is 5.38 Å². The SMILES string of the molecule is Nc1nc(C=Cc2ccc3c(c2)CCCC3)cs1. The molecule has 1 aliphatic carbocycles. The molecule has 3 rings (SSSR count). The standard InChI is InChI=1S/C15H16N2S/c16-15-17-14(10-18-15)8-6-11-5-7-12-3-1-2-4-13(12)9-11/h5-10H,1-4H2,(H2,16,17). The Bertz CT molecular complexity index is 584. The van der Waals surface area contributed by atoms with Gasteiger partial charge in [-0.25, -0.2) is 4.98 Å². The molecule has 0 unspecified atom stereocenters. The largest absolute Gasteiger partial charge is 0.375 e. The first-order chi connectivity index (χ1) is 8.81. The molecule has 0 saturated carbocycles. The molecule has 1 heterocycles. The Kier molecular flexibility index (Phi) is 3.15. The molecular formula is C15H16N2S. The van der Waals surface area contributed by atoms with Crippen molar-refractivity contribution < 1.29 is 0 Å². The molecule has 1 aliphatic rings. The molecule has 18 heavy (non-hydrogen) atoms. The number of aryl methyl sites for hydroxylation is 2. The average Bonchev–Trinajstić information content (AvgIpc) is 2.82. The molecule has 0 radical (unpaired) electrons. The fraction of sp³-hybridized carbons (Fsp3) is 0.267. The van der Waals surface area contributed by atoms with E-state index in [1.54, 1.807) is 0 Å². The lowest BCUT2D eigenvalue weighted by molar-refractivity contribution is 0.685. The Hall–Kier alpha value is -1.61. The van der Waals surface area contributed by atoms with E-state index in [1.807, 2.05) is 11.5 Å². The van der Waals surface area contributed by atoms with Crippen molar-refractivity contribution in [1.29, 1.82) is 0 Å². The van der Waals surface area contributed by atoms with Crippen molar-refractivity contribution in [2.45, 2.75) is 25.7 Å². The molecule has 3 heteroatoms. The lowest BCUT2D eigenvalue weighted by atomic mass is 9.90. The van der Waals surface area contributed by atoms with Gasteiger partial charge in [-0.1, -0.05) is 24.3 Å². The summed E-state index contributed by atoms with van der Waals surface area (Å²) in [6.07, 6.45) is 9.26. The summed E-state index contributed by atoms with van der Waals surface area (Å²) in [7, 11) is 0. The zero-order valence-electron chi connectivity index (χ0n) is 10.2. The molecule has 0 aliphatic heterocycles. The lowest BCUT2D eigenvalue weighted by Crippen LogP contribution is -2.02. The molecule has 2 nitrogen and oxygen atoms in total. The number of nitrogen functional groups attached to an aromatic ring is 1. The van der Waals surface area contributed by atoms with Crippen LogP contribution in [0.3, 0.4) is 0 Å². The molecule has 1 aromatic carbocycles. The minimum Gasteiger partial charge on any atom is -0.375 e. The van der Waals surface area contributed by atoms with Crippen LogP contribution in [0, 0.1) is 0 Å². The van der Waals surface area contributed by atoms with E-state index in [2.05, 4.69) is 29.3 Å². The van der Waals surface area contributed by atoms with Gasteiger partial charge in [0.1, 0.15) is 0 Å². The van der Waals surface area contributed by atoms with Crippen molar-refractivity contribution in [2.24, 2.45) is 0 Å². The minimum atomic E-state index is 0.625. The third kappa shape index (κ3) is 2.46. The van der Waals surface area contributed by atoms with Gasteiger partial charge >= 0.3 is 0 Å². The van der Waals surface area contributed by atoms with E-state index in [0.717, 1.165) is 5.69 Å². The number of aromatic nitrogens is 1. The summed E-state index contributed by atoms with van der Waals surface area (Å²) in [6, 6.07) is 6.76. The average molecular weight is 256 g/mol. The maximum atomic E-state index is 5.61. The van der Waals surface area contributed by atoms with Crippen LogP contribution in [0.5, 0.6) is 0 Å². The highest BCUT2D eigenvalue weighted by Gasteiger charge is 2.08. The topological polar surface area (TPSA) is 38.9 Å². The molecule has 1 aromatic heterocycles. The van der Waals surface area contributed by atoms with Crippen LogP contribution in [0.1, 0.15) is 35.2 Å². The molecule has 0 spiro atoms. The van der Waals surface area contributed by atoms with Gasteiger partial charge in [0.25, 0.3) is 0 Å². The van der Waals surface area contributed by atoms with E-state index in [9.17, 15) is 0 Å². The summed E-state index contributed by atoms with van der Waals surface area (Å²) in [5.41, 5.74) is 10.8. The molecular weight excluding hydrogens is 240 g/mol. The maximum Gasteiger partial charge on any atom is 0.180 e. The zero-order valence-corrected chi connectivity index (χ0v) is 11.0. The van der Waals surface area contributed by atoms with E-state index in [1.165, 1.54) is 53.7 Å².